The first kappa shape index (κ1) is 11.6. The molecule has 0 aliphatic rings. The third-order valence-corrected chi connectivity index (χ3v) is 3.10. The summed E-state index contributed by atoms with van der Waals surface area (Å²) in [7, 11) is 0. The van der Waals surface area contributed by atoms with Gasteiger partial charge in [0, 0.05) is 24.5 Å². The normalized spacial score (nSPS) is 10.8. The fraction of sp³-hybridized carbons (Fsp3) is 0.0667. The van der Waals surface area contributed by atoms with E-state index in [-0.39, 0.29) is 5.75 Å². The number of benzene rings is 2. The van der Waals surface area contributed by atoms with Gasteiger partial charge in [-0.15, -0.1) is 0 Å². The summed E-state index contributed by atoms with van der Waals surface area (Å²) in [5, 5.41) is 13.4. The Morgan fingerprint density at radius 2 is 2.05 bits per heavy atom. The van der Waals surface area contributed by atoms with Gasteiger partial charge >= 0.3 is 0 Å². The molecule has 3 rings (SSSR count). The first-order valence-corrected chi connectivity index (χ1v) is 6.01. The first-order chi connectivity index (χ1) is 9.24. The molecular weight excluding hydrogens is 243 g/mol. The number of para-hydroxylation sites is 1. The van der Waals surface area contributed by atoms with Gasteiger partial charge in [-0.2, -0.15) is 0 Å². The van der Waals surface area contributed by atoms with E-state index in [2.05, 4.69) is 10.3 Å². The van der Waals surface area contributed by atoms with Crippen molar-refractivity contribution in [2.75, 3.05) is 5.32 Å². The van der Waals surface area contributed by atoms with Crippen molar-refractivity contribution in [3.63, 3.8) is 0 Å². The van der Waals surface area contributed by atoms with Gasteiger partial charge in [0.25, 0.3) is 0 Å². The van der Waals surface area contributed by atoms with Crippen LogP contribution in [0.5, 0.6) is 5.75 Å². The second kappa shape index (κ2) is 4.65. The van der Waals surface area contributed by atoms with E-state index in [1.807, 2.05) is 30.5 Å². The molecule has 0 bridgehead atoms. The molecule has 0 fully saturated rings. The third kappa shape index (κ3) is 2.25. The van der Waals surface area contributed by atoms with E-state index < -0.39 is 5.82 Å². The number of anilines is 1. The van der Waals surface area contributed by atoms with Crippen molar-refractivity contribution in [1.29, 1.82) is 0 Å². The van der Waals surface area contributed by atoms with E-state index in [1.54, 1.807) is 6.07 Å². The van der Waals surface area contributed by atoms with Crippen LogP contribution in [-0.2, 0) is 6.54 Å². The molecule has 0 saturated carbocycles. The summed E-state index contributed by atoms with van der Waals surface area (Å²) in [6.45, 7) is 0.585. The molecule has 96 valence electrons. The Morgan fingerprint density at radius 3 is 2.89 bits per heavy atom. The number of rotatable bonds is 3. The van der Waals surface area contributed by atoms with Crippen molar-refractivity contribution in [2.24, 2.45) is 0 Å². The zero-order valence-corrected chi connectivity index (χ0v) is 10.2. The van der Waals surface area contributed by atoms with E-state index in [4.69, 9.17) is 5.11 Å². The Balaban J connectivity index is 1.82. The largest absolute Gasteiger partial charge is 0.505 e. The van der Waals surface area contributed by atoms with Gasteiger partial charge in [-0.3, -0.25) is 0 Å². The number of aromatic hydroxyl groups is 1. The number of phenols is 1. The minimum absolute atomic E-state index is 0.336. The Bertz CT molecular complexity index is 721. The lowest BCUT2D eigenvalue weighted by atomic mass is 10.1. The zero-order valence-electron chi connectivity index (χ0n) is 10.2. The lowest BCUT2D eigenvalue weighted by Gasteiger charge is -2.08. The second-order valence-corrected chi connectivity index (χ2v) is 4.38. The van der Waals surface area contributed by atoms with Crippen LogP contribution >= 0.6 is 0 Å². The number of hydrogen-bond donors (Lipinski definition) is 3. The molecular formula is C15H13FN2O. The van der Waals surface area contributed by atoms with Gasteiger partial charge in [-0.1, -0.05) is 18.2 Å². The van der Waals surface area contributed by atoms with Crippen LogP contribution in [0.4, 0.5) is 10.1 Å². The molecule has 0 atom stereocenters. The van der Waals surface area contributed by atoms with Gasteiger partial charge in [0.15, 0.2) is 11.6 Å². The number of hydrogen-bond acceptors (Lipinski definition) is 2. The lowest BCUT2D eigenvalue weighted by molar-refractivity contribution is 0.432. The van der Waals surface area contributed by atoms with E-state index in [0.717, 1.165) is 16.5 Å². The summed E-state index contributed by atoms with van der Waals surface area (Å²) >= 11 is 0. The van der Waals surface area contributed by atoms with Gasteiger partial charge in [0.05, 0.1) is 5.52 Å². The van der Waals surface area contributed by atoms with Gasteiger partial charge in [-0.05, 0) is 29.1 Å². The van der Waals surface area contributed by atoms with Gasteiger partial charge in [-0.25, -0.2) is 4.39 Å². The van der Waals surface area contributed by atoms with Crippen LogP contribution in [0.2, 0.25) is 0 Å². The van der Waals surface area contributed by atoms with Crippen LogP contribution < -0.4 is 5.32 Å². The van der Waals surface area contributed by atoms with Crippen LogP contribution in [0.25, 0.3) is 10.9 Å². The van der Waals surface area contributed by atoms with Crippen molar-refractivity contribution >= 4 is 16.6 Å². The van der Waals surface area contributed by atoms with Gasteiger partial charge in [0.2, 0.25) is 0 Å². The summed E-state index contributed by atoms with van der Waals surface area (Å²) in [5.41, 5.74) is 2.82. The summed E-state index contributed by atoms with van der Waals surface area (Å²) in [6, 6.07) is 12.3. The molecule has 0 aliphatic carbocycles. The van der Waals surface area contributed by atoms with E-state index in [0.29, 0.717) is 12.2 Å². The molecule has 1 heterocycles. The first-order valence-electron chi connectivity index (χ1n) is 6.01. The molecule has 3 nitrogen and oxygen atoms in total. The minimum atomic E-state index is -0.622. The topological polar surface area (TPSA) is 48.0 Å². The fourth-order valence-electron chi connectivity index (χ4n) is 2.11. The van der Waals surface area contributed by atoms with Crippen molar-refractivity contribution in [2.45, 2.75) is 6.54 Å². The van der Waals surface area contributed by atoms with Crippen molar-refractivity contribution < 1.29 is 9.50 Å². The van der Waals surface area contributed by atoms with Gasteiger partial charge < -0.3 is 15.4 Å². The maximum absolute atomic E-state index is 13.2. The van der Waals surface area contributed by atoms with Crippen LogP contribution in [0.15, 0.2) is 48.7 Å². The molecule has 2 aromatic carbocycles. The molecule has 0 unspecified atom stereocenters. The number of H-pyrrole nitrogens is 1. The summed E-state index contributed by atoms with van der Waals surface area (Å²) in [5.74, 6) is -0.958. The Kier molecular flexibility index (Phi) is 2.83. The highest BCUT2D eigenvalue weighted by atomic mass is 19.1. The highest BCUT2D eigenvalue weighted by molar-refractivity contribution is 5.82. The van der Waals surface area contributed by atoms with Crippen LogP contribution in [0.3, 0.4) is 0 Å². The van der Waals surface area contributed by atoms with E-state index in [1.165, 1.54) is 12.1 Å². The Labute approximate surface area is 109 Å². The van der Waals surface area contributed by atoms with Crippen LogP contribution in [-0.4, -0.2) is 10.1 Å². The molecule has 3 N–H and O–H groups in total. The molecule has 19 heavy (non-hydrogen) atoms. The Morgan fingerprint density at radius 1 is 1.16 bits per heavy atom. The number of fused-ring (bicyclic) bond motifs is 1. The minimum Gasteiger partial charge on any atom is -0.505 e. The quantitative estimate of drug-likeness (QED) is 0.627. The summed E-state index contributed by atoms with van der Waals surface area (Å²) in [6.07, 6.45) is 1.90. The van der Waals surface area contributed by atoms with E-state index >= 15 is 0 Å². The monoisotopic (exact) mass is 256 g/mol. The molecule has 4 heteroatoms. The van der Waals surface area contributed by atoms with Gasteiger partial charge in [0.1, 0.15) is 0 Å². The zero-order chi connectivity index (χ0) is 13.2. The van der Waals surface area contributed by atoms with Crippen molar-refractivity contribution in [3.8, 4) is 5.75 Å². The van der Waals surface area contributed by atoms with Crippen LogP contribution in [0.1, 0.15) is 5.56 Å². The molecule has 0 saturated heterocycles. The van der Waals surface area contributed by atoms with E-state index in [9.17, 15) is 4.39 Å². The molecule has 0 aliphatic heterocycles. The molecule has 0 radical (unpaired) electrons. The average molecular weight is 256 g/mol. The maximum atomic E-state index is 13.2. The summed E-state index contributed by atoms with van der Waals surface area (Å²) in [4.78, 5) is 3.19. The highest BCUT2D eigenvalue weighted by Gasteiger charge is 2.04. The van der Waals surface area contributed by atoms with Crippen molar-refractivity contribution in [1.82, 2.24) is 4.98 Å². The number of halogens is 1. The standard InChI is InChI=1S/C15H13FN2O/c16-13-8-12(4-5-14(13)19)18-9-11-3-1-2-10-6-7-17-15(10)11/h1-8,17-19H,9H2. The smallest absolute Gasteiger partial charge is 0.166 e. The van der Waals surface area contributed by atoms with Crippen LogP contribution in [0, 0.1) is 5.82 Å². The number of phenolic OH excluding ortho intramolecular Hbond substituents is 1. The van der Waals surface area contributed by atoms with Crippen molar-refractivity contribution in [3.05, 3.63) is 60.0 Å². The maximum Gasteiger partial charge on any atom is 0.166 e. The average Bonchev–Trinajstić information content (AvgIpc) is 2.89. The highest BCUT2D eigenvalue weighted by Crippen LogP contribution is 2.21. The number of aromatic amines is 1. The predicted octanol–water partition coefficient (Wildman–Crippen LogP) is 3.62. The molecule has 1 aromatic heterocycles. The predicted molar refractivity (Wildman–Crippen MR) is 73.7 cm³/mol. The molecule has 0 amide bonds. The number of nitrogens with one attached hydrogen (secondary N) is 2. The molecule has 3 aromatic rings. The summed E-state index contributed by atoms with van der Waals surface area (Å²) < 4.78 is 13.2. The Hall–Kier alpha value is -2.49. The second-order valence-electron chi connectivity index (χ2n) is 4.38. The lowest BCUT2D eigenvalue weighted by Crippen LogP contribution is -2.00. The fourth-order valence-corrected chi connectivity index (χ4v) is 2.11. The number of aromatic nitrogens is 1. The molecule has 0 spiro atoms. The third-order valence-electron chi connectivity index (χ3n) is 3.10. The SMILES string of the molecule is Oc1ccc(NCc2cccc3cc[nH]c23)cc1F.